The molecule has 0 spiro atoms. The number of nitrogens with one attached hydrogen (secondary N) is 1. The summed E-state index contributed by atoms with van der Waals surface area (Å²) in [7, 11) is 2.03. The van der Waals surface area contributed by atoms with E-state index < -0.39 is 0 Å². The molecule has 100 valence electrons. The van der Waals surface area contributed by atoms with E-state index in [1.165, 1.54) is 28.7 Å². The molecule has 0 aromatic heterocycles. The van der Waals surface area contributed by atoms with Crippen molar-refractivity contribution in [2.45, 2.75) is 52.2 Å². The highest BCUT2D eigenvalue weighted by atomic mass is 16.5. The summed E-state index contributed by atoms with van der Waals surface area (Å²) in [6, 6.07) is 4.88. The number of aryl methyl sites for hydroxylation is 3. The molecule has 0 bridgehead atoms. The Morgan fingerprint density at radius 1 is 1.17 bits per heavy atom. The minimum atomic E-state index is -0.0682. The number of benzene rings is 1. The van der Waals surface area contributed by atoms with Gasteiger partial charge in [-0.05, 0) is 69.8 Å². The predicted octanol–water partition coefficient (Wildman–Crippen LogP) is 3.44. The highest BCUT2D eigenvalue weighted by molar-refractivity contribution is 5.39. The average molecular weight is 247 g/mol. The molecule has 1 aliphatic rings. The van der Waals surface area contributed by atoms with Gasteiger partial charge in [-0.3, -0.25) is 0 Å². The van der Waals surface area contributed by atoms with Crippen molar-refractivity contribution in [3.63, 3.8) is 0 Å². The smallest absolute Gasteiger partial charge is 0.0849 e. The highest BCUT2D eigenvalue weighted by Crippen LogP contribution is 2.38. The summed E-state index contributed by atoms with van der Waals surface area (Å²) in [5.41, 5.74) is 5.39. The molecule has 0 aliphatic carbocycles. The second-order valence-electron chi connectivity index (χ2n) is 5.78. The van der Waals surface area contributed by atoms with E-state index in [9.17, 15) is 0 Å². The second-order valence-corrected chi connectivity index (χ2v) is 5.78. The van der Waals surface area contributed by atoms with Gasteiger partial charge < -0.3 is 10.1 Å². The van der Waals surface area contributed by atoms with Crippen LogP contribution in [-0.2, 0) is 4.74 Å². The summed E-state index contributed by atoms with van der Waals surface area (Å²) >= 11 is 0. The van der Waals surface area contributed by atoms with Gasteiger partial charge in [-0.15, -0.1) is 0 Å². The van der Waals surface area contributed by atoms with Crippen LogP contribution in [0.25, 0.3) is 0 Å². The van der Waals surface area contributed by atoms with Crippen molar-refractivity contribution in [1.82, 2.24) is 5.32 Å². The fourth-order valence-electron chi connectivity index (χ4n) is 3.11. The van der Waals surface area contributed by atoms with Gasteiger partial charge in [0.15, 0.2) is 0 Å². The number of hydrogen-bond donors (Lipinski definition) is 1. The van der Waals surface area contributed by atoms with Gasteiger partial charge in [-0.2, -0.15) is 0 Å². The minimum absolute atomic E-state index is 0.0682. The van der Waals surface area contributed by atoms with Gasteiger partial charge in [0.05, 0.1) is 11.6 Å². The lowest BCUT2D eigenvalue weighted by Crippen LogP contribution is -2.40. The lowest BCUT2D eigenvalue weighted by molar-refractivity contribution is -0.0106. The quantitative estimate of drug-likeness (QED) is 0.883. The molecule has 2 unspecified atom stereocenters. The first kappa shape index (κ1) is 13.6. The van der Waals surface area contributed by atoms with Crippen molar-refractivity contribution in [2.75, 3.05) is 13.7 Å². The van der Waals surface area contributed by atoms with E-state index in [1.54, 1.807) is 0 Å². The van der Waals surface area contributed by atoms with Crippen LogP contribution in [-0.4, -0.2) is 19.3 Å². The molecule has 2 heteroatoms. The van der Waals surface area contributed by atoms with Gasteiger partial charge in [-0.25, -0.2) is 0 Å². The zero-order chi connectivity index (χ0) is 13.3. The van der Waals surface area contributed by atoms with Crippen molar-refractivity contribution in [3.05, 3.63) is 34.4 Å². The number of rotatable bonds is 3. The number of hydrogen-bond acceptors (Lipinski definition) is 2. The number of likely N-dealkylation sites (N-methyl/N-ethyl adjacent to an activating group) is 1. The molecule has 1 heterocycles. The second kappa shape index (κ2) is 5.02. The molecule has 1 saturated heterocycles. The van der Waals surface area contributed by atoms with Crippen molar-refractivity contribution in [1.29, 1.82) is 0 Å². The Labute approximate surface area is 111 Å². The molecule has 0 amide bonds. The first-order chi connectivity index (χ1) is 8.48. The summed E-state index contributed by atoms with van der Waals surface area (Å²) in [5.74, 6) is 0. The molecule has 1 fully saturated rings. The van der Waals surface area contributed by atoms with Crippen LogP contribution in [0.1, 0.15) is 48.1 Å². The molecule has 1 aromatic rings. The maximum atomic E-state index is 6.01. The Bertz CT molecular complexity index is 433. The van der Waals surface area contributed by atoms with Gasteiger partial charge in [0.25, 0.3) is 0 Å². The summed E-state index contributed by atoms with van der Waals surface area (Å²) in [4.78, 5) is 0. The van der Waals surface area contributed by atoms with Crippen LogP contribution in [0.3, 0.4) is 0 Å². The van der Waals surface area contributed by atoms with E-state index in [0.29, 0.717) is 0 Å². The van der Waals surface area contributed by atoms with Crippen LogP contribution in [0, 0.1) is 20.8 Å². The first-order valence-electron chi connectivity index (χ1n) is 6.87. The summed E-state index contributed by atoms with van der Waals surface area (Å²) in [6.07, 6.45) is 2.30. The van der Waals surface area contributed by atoms with Crippen LogP contribution in [0.15, 0.2) is 12.1 Å². The van der Waals surface area contributed by atoms with Crippen molar-refractivity contribution in [3.8, 4) is 0 Å². The maximum Gasteiger partial charge on any atom is 0.0849 e. The van der Waals surface area contributed by atoms with Gasteiger partial charge in [-0.1, -0.05) is 12.1 Å². The lowest BCUT2D eigenvalue weighted by atomic mass is 9.84. The fraction of sp³-hybridized carbons (Fsp3) is 0.625. The van der Waals surface area contributed by atoms with Crippen LogP contribution < -0.4 is 5.32 Å². The summed E-state index contributed by atoms with van der Waals surface area (Å²) in [6.45, 7) is 9.68. The standard InChI is InChI=1S/C16H25NO/c1-11-9-13(3)14(10-12(11)2)15(17-5)16(4)7-6-8-18-16/h9-10,15,17H,6-8H2,1-5H3. The van der Waals surface area contributed by atoms with Crippen molar-refractivity contribution < 1.29 is 4.74 Å². The molecule has 0 saturated carbocycles. The topological polar surface area (TPSA) is 21.3 Å². The summed E-state index contributed by atoms with van der Waals surface area (Å²) < 4.78 is 6.01. The molecule has 0 radical (unpaired) electrons. The Morgan fingerprint density at radius 3 is 2.39 bits per heavy atom. The minimum Gasteiger partial charge on any atom is -0.373 e. The molecule has 2 rings (SSSR count). The molecule has 18 heavy (non-hydrogen) atoms. The van der Waals surface area contributed by atoms with Gasteiger partial charge in [0.1, 0.15) is 0 Å². The molecule has 1 aromatic carbocycles. The Kier molecular flexibility index (Phi) is 3.79. The van der Waals surface area contributed by atoms with Crippen molar-refractivity contribution >= 4 is 0 Å². The zero-order valence-corrected chi connectivity index (χ0v) is 12.3. The molecule has 2 atom stereocenters. The molecular weight excluding hydrogens is 222 g/mol. The normalized spacial score (nSPS) is 25.4. The fourth-order valence-corrected chi connectivity index (χ4v) is 3.11. The molecule has 1 N–H and O–H groups in total. The number of ether oxygens (including phenoxy) is 1. The molecule has 2 nitrogen and oxygen atoms in total. The maximum absolute atomic E-state index is 6.01. The van der Waals surface area contributed by atoms with Crippen LogP contribution >= 0.6 is 0 Å². The molecular formula is C16H25NO. The van der Waals surface area contributed by atoms with Gasteiger partial charge in [0, 0.05) is 6.61 Å². The predicted molar refractivity (Wildman–Crippen MR) is 76.0 cm³/mol. The van der Waals surface area contributed by atoms with Crippen LogP contribution in [0.4, 0.5) is 0 Å². The zero-order valence-electron chi connectivity index (χ0n) is 12.3. The van der Waals surface area contributed by atoms with Crippen LogP contribution in [0.2, 0.25) is 0 Å². The SMILES string of the molecule is CNC(c1cc(C)c(C)cc1C)C1(C)CCCO1. The van der Waals surface area contributed by atoms with Crippen LogP contribution in [0.5, 0.6) is 0 Å². The van der Waals surface area contributed by atoms with E-state index in [-0.39, 0.29) is 11.6 Å². The first-order valence-corrected chi connectivity index (χ1v) is 6.87. The largest absolute Gasteiger partial charge is 0.373 e. The third-order valence-electron chi connectivity index (χ3n) is 4.34. The van der Waals surface area contributed by atoms with Crippen molar-refractivity contribution in [2.24, 2.45) is 0 Å². The third-order valence-corrected chi connectivity index (χ3v) is 4.34. The third kappa shape index (κ3) is 2.32. The van der Waals surface area contributed by atoms with E-state index in [1.807, 2.05) is 7.05 Å². The lowest BCUT2D eigenvalue weighted by Gasteiger charge is -2.34. The Morgan fingerprint density at radius 2 is 1.83 bits per heavy atom. The van der Waals surface area contributed by atoms with Gasteiger partial charge in [0.2, 0.25) is 0 Å². The van der Waals surface area contributed by atoms with Gasteiger partial charge >= 0.3 is 0 Å². The summed E-state index contributed by atoms with van der Waals surface area (Å²) in [5, 5.41) is 3.46. The van der Waals surface area contributed by atoms with E-state index in [2.05, 4.69) is 45.1 Å². The Hall–Kier alpha value is -0.860. The highest BCUT2D eigenvalue weighted by Gasteiger charge is 2.39. The van der Waals surface area contributed by atoms with E-state index in [4.69, 9.17) is 4.74 Å². The van der Waals surface area contributed by atoms with E-state index >= 15 is 0 Å². The van der Waals surface area contributed by atoms with E-state index in [0.717, 1.165) is 13.0 Å². The Balaban J connectivity index is 2.41. The average Bonchev–Trinajstić information content (AvgIpc) is 2.74. The molecule has 1 aliphatic heterocycles. The monoisotopic (exact) mass is 247 g/mol.